The number of rotatable bonds is 6. The van der Waals surface area contributed by atoms with E-state index in [4.69, 9.17) is 9.40 Å². The quantitative estimate of drug-likeness (QED) is 0.125. The molecule has 0 spiro atoms. The molecule has 3 aromatic heterocycles. The fraction of sp³-hybridized carbons (Fsp3) is 0.282. The molecule has 3 heterocycles. The van der Waals surface area contributed by atoms with E-state index in [0.29, 0.717) is 0 Å². The van der Waals surface area contributed by atoms with E-state index in [0.717, 1.165) is 46.5 Å². The number of furan rings is 1. The summed E-state index contributed by atoms with van der Waals surface area (Å²) in [7, 11) is -1.57. The molecule has 0 aliphatic rings. The average Bonchev–Trinajstić information content (AvgIpc) is 3.40. The van der Waals surface area contributed by atoms with Crippen LogP contribution in [0.1, 0.15) is 50.3 Å². The summed E-state index contributed by atoms with van der Waals surface area (Å²) in [5, 5.41) is 3.83. The minimum absolute atomic E-state index is 0. The van der Waals surface area contributed by atoms with Gasteiger partial charge in [0.15, 0.2) is 0 Å². The molecular weight excluding hydrogens is 733 g/mol. The van der Waals surface area contributed by atoms with Crippen molar-refractivity contribution in [3.8, 4) is 22.5 Å². The van der Waals surface area contributed by atoms with E-state index in [1.165, 1.54) is 32.6 Å². The smallest absolute Gasteiger partial charge is 0.120 e. The average molecular weight is 775 g/mol. The molecule has 0 aliphatic carbocycles. The van der Waals surface area contributed by atoms with Crippen LogP contribution in [0.4, 0.5) is 0 Å². The number of benzene rings is 3. The molecule has 0 unspecified atom stereocenters. The molecule has 0 amide bonds. The maximum Gasteiger partial charge on any atom is 0.120 e. The van der Waals surface area contributed by atoms with Crippen molar-refractivity contribution in [2.75, 3.05) is 0 Å². The minimum atomic E-state index is -1.57. The Hall–Kier alpha value is -3.37. The first-order valence-corrected chi connectivity index (χ1v) is 18.8. The molecule has 6 aromatic rings. The molecule has 0 aliphatic heterocycles. The predicted octanol–water partition coefficient (Wildman–Crippen LogP) is 10.2. The summed E-state index contributed by atoms with van der Waals surface area (Å²) in [6, 6.07) is 31.4. The van der Waals surface area contributed by atoms with Gasteiger partial charge in [-0.05, 0) is 60.7 Å². The monoisotopic (exact) mass is 775 g/mol. The minimum Gasteiger partial charge on any atom is -0.501 e. The van der Waals surface area contributed by atoms with Gasteiger partial charge in [-0.25, -0.2) is 0 Å². The van der Waals surface area contributed by atoms with Crippen LogP contribution in [0.3, 0.4) is 0 Å². The molecule has 44 heavy (non-hydrogen) atoms. The molecule has 0 bridgehead atoms. The summed E-state index contributed by atoms with van der Waals surface area (Å²) in [6.07, 6.45) is 6.16. The van der Waals surface area contributed by atoms with Crippen LogP contribution in [0, 0.1) is 26.0 Å². The second-order valence-electron chi connectivity index (χ2n) is 12.8. The largest absolute Gasteiger partial charge is 0.501 e. The summed E-state index contributed by atoms with van der Waals surface area (Å²) < 4.78 is 6.40. The molecule has 3 aromatic carbocycles. The van der Waals surface area contributed by atoms with Crippen LogP contribution in [-0.4, -0.2) is 18.0 Å². The molecule has 6 rings (SSSR count). The number of aryl methyl sites for hydroxylation is 2. The van der Waals surface area contributed by atoms with Crippen LogP contribution < -0.4 is 5.19 Å². The van der Waals surface area contributed by atoms with Crippen molar-refractivity contribution in [1.82, 2.24) is 9.97 Å². The maximum absolute atomic E-state index is 6.40. The molecule has 0 atom stereocenters. The Bertz CT molecular complexity index is 1850. The second-order valence-corrected chi connectivity index (χ2v) is 17.8. The van der Waals surface area contributed by atoms with Crippen molar-refractivity contribution in [3.05, 3.63) is 114 Å². The topological polar surface area (TPSA) is 38.9 Å². The molecule has 1 radical (unpaired) electrons. The van der Waals surface area contributed by atoms with Gasteiger partial charge in [-0.3, -0.25) is 0 Å². The molecule has 0 saturated heterocycles. The van der Waals surface area contributed by atoms with Crippen LogP contribution in [0.15, 0.2) is 89.6 Å². The van der Waals surface area contributed by atoms with Crippen molar-refractivity contribution in [2.24, 2.45) is 0 Å². The third-order valence-electron chi connectivity index (χ3n) is 8.73. The van der Waals surface area contributed by atoms with E-state index in [-0.39, 0.29) is 25.5 Å². The Morgan fingerprint density at radius 2 is 1.55 bits per heavy atom. The van der Waals surface area contributed by atoms with Gasteiger partial charge in [0.2, 0.25) is 0 Å². The molecule has 3 nitrogen and oxygen atoms in total. The van der Waals surface area contributed by atoms with Gasteiger partial charge in [-0.15, -0.1) is 53.2 Å². The van der Waals surface area contributed by atoms with Gasteiger partial charge < -0.3 is 14.4 Å². The summed E-state index contributed by atoms with van der Waals surface area (Å²) in [5.74, 6) is 0. The number of fused-ring (bicyclic) bond motifs is 3. The fourth-order valence-corrected chi connectivity index (χ4v) is 7.19. The first-order valence-electron chi connectivity index (χ1n) is 15.3. The van der Waals surface area contributed by atoms with Gasteiger partial charge in [-0.1, -0.05) is 93.3 Å². The number of hydrogen-bond acceptors (Lipinski definition) is 3. The summed E-state index contributed by atoms with van der Waals surface area (Å²) in [4.78, 5) is 9.22. The standard InChI is InChI=1S/C27H32NOSi.C12H10N.Ir/c1-8-27(4,9-2)21-17-28-22(16-18(21)3)19-14-15-24(30(5,6)7)25-20-12-10-11-13-23(20)29-26(19)25;1-10-7-8-12(13-9-10)11-5-3-2-4-6-11;/h10-13,15-17H,8-9H2,1-7H3;2-5,7-9H,1H3;/q2*-1;. The number of hydrogen-bond donors (Lipinski definition) is 0. The van der Waals surface area contributed by atoms with E-state index in [9.17, 15) is 0 Å². The fourth-order valence-electron chi connectivity index (χ4n) is 5.69. The van der Waals surface area contributed by atoms with Crippen molar-refractivity contribution in [3.63, 3.8) is 0 Å². The van der Waals surface area contributed by atoms with Crippen LogP contribution in [0.25, 0.3) is 44.5 Å². The molecule has 229 valence electrons. The SMILES string of the molecule is CCC(C)(CC)c1cnc(-c2[c-]cc([Si](C)(C)C)c3c2oc2ccccc23)cc1C.Cc1ccc(-c2[c-]cccc2)nc1.[Ir]. The van der Waals surface area contributed by atoms with E-state index in [1.54, 1.807) is 0 Å². The molecule has 5 heteroatoms. The van der Waals surface area contributed by atoms with Gasteiger partial charge in [-0.2, -0.15) is 0 Å². The number of pyridine rings is 2. The van der Waals surface area contributed by atoms with Crippen molar-refractivity contribution >= 4 is 35.2 Å². The maximum atomic E-state index is 6.40. The Morgan fingerprint density at radius 1 is 0.841 bits per heavy atom. The van der Waals surface area contributed by atoms with Gasteiger partial charge >= 0.3 is 0 Å². The number of nitrogens with zero attached hydrogens (tertiary/aromatic N) is 2. The zero-order chi connectivity index (χ0) is 30.8. The Labute approximate surface area is 277 Å². The van der Waals surface area contributed by atoms with Crippen LogP contribution >= 0.6 is 0 Å². The molecule has 0 saturated carbocycles. The van der Waals surface area contributed by atoms with Crippen LogP contribution in [0.5, 0.6) is 0 Å². The van der Waals surface area contributed by atoms with Gasteiger partial charge in [0.1, 0.15) is 5.58 Å². The van der Waals surface area contributed by atoms with Crippen LogP contribution in [-0.2, 0) is 25.5 Å². The zero-order valence-corrected chi connectivity index (χ0v) is 30.5. The van der Waals surface area contributed by atoms with Gasteiger partial charge in [0.25, 0.3) is 0 Å². The first-order chi connectivity index (χ1) is 20.6. The zero-order valence-electron chi connectivity index (χ0n) is 27.1. The van der Waals surface area contributed by atoms with E-state index < -0.39 is 8.07 Å². The molecule has 0 N–H and O–H groups in total. The van der Waals surface area contributed by atoms with E-state index in [1.807, 2.05) is 49.5 Å². The van der Waals surface area contributed by atoms with Crippen molar-refractivity contribution in [2.45, 2.75) is 72.5 Å². The predicted molar refractivity (Wildman–Crippen MR) is 185 cm³/mol. The van der Waals surface area contributed by atoms with Crippen LogP contribution in [0.2, 0.25) is 19.6 Å². The molecular formula is C39H42IrN2OSi-2. The van der Waals surface area contributed by atoms with Crippen molar-refractivity contribution in [1.29, 1.82) is 0 Å². The number of aromatic nitrogens is 2. The Kier molecular flexibility index (Phi) is 10.5. The first kappa shape index (κ1) is 33.5. The Balaban J connectivity index is 0.000000264. The molecule has 0 fully saturated rings. The normalized spacial score (nSPS) is 11.6. The third kappa shape index (κ3) is 6.81. The second kappa shape index (κ2) is 13.7. The summed E-state index contributed by atoms with van der Waals surface area (Å²) in [6.45, 7) is 18.2. The number of para-hydroxylation sites is 1. The van der Waals surface area contributed by atoms with Gasteiger partial charge in [0.05, 0.1) is 5.58 Å². The van der Waals surface area contributed by atoms with Gasteiger partial charge in [0, 0.05) is 46.0 Å². The third-order valence-corrected chi connectivity index (χ3v) is 10.7. The van der Waals surface area contributed by atoms with E-state index >= 15 is 0 Å². The summed E-state index contributed by atoms with van der Waals surface area (Å²) in [5.41, 5.74) is 9.76. The van der Waals surface area contributed by atoms with Crippen molar-refractivity contribution < 1.29 is 24.5 Å². The van der Waals surface area contributed by atoms with E-state index in [2.05, 4.69) is 107 Å². The summed E-state index contributed by atoms with van der Waals surface area (Å²) >= 11 is 0. The Morgan fingerprint density at radius 3 is 2.16 bits per heavy atom.